The molecule has 0 amide bonds. The summed E-state index contributed by atoms with van der Waals surface area (Å²) in [6.07, 6.45) is 5.81. The average Bonchev–Trinajstić information content (AvgIpc) is 2.85. The third-order valence-electron chi connectivity index (χ3n) is 2.85. The van der Waals surface area contributed by atoms with Gasteiger partial charge in [0.1, 0.15) is 5.82 Å². The van der Waals surface area contributed by atoms with E-state index in [1.165, 1.54) is 0 Å². The van der Waals surface area contributed by atoms with Crippen LogP contribution in [0.5, 0.6) is 0 Å². The first-order chi connectivity index (χ1) is 8.11. The van der Waals surface area contributed by atoms with Crippen LogP contribution in [-0.2, 0) is 7.05 Å². The molecule has 0 spiro atoms. The Morgan fingerprint density at radius 2 is 2.29 bits per heavy atom. The first-order valence-corrected chi connectivity index (χ1v) is 5.93. The summed E-state index contributed by atoms with van der Waals surface area (Å²) in [5, 5.41) is 4.32. The van der Waals surface area contributed by atoms with E-state index in [0.717, 1.165) is 35.6 Å². The van der Waals surface area contributed by atoms with Crippen molar-refractivity contribution < 1.29 is 0 Å². The minimum Gasteiger partial charge on any atom is -0.341 e. The number of nitrogens with zero attached hydrogens (tertiary/aromatic N) is 3. The molecule has 3 N–H and O–H groups in total. The first-order valence-electron chi connectivity index (χ1n) is 5.93. The Hall–Kier alpha value is -1.62. The zero-order valence-corrected chi connectivity index (χ0v) is 10.6. The van der Waals surface area contributed by atoms with E-state index in [0.29, 0.717) is 0 Å². The Morgan fingerprint density at radius 1 is 1.53 bits per heavy atom. The molecular weight excluding hydrogens is 214 g/mol. The van der Waals surface area contributed by atoms with Gasteiger partial charge in [0.25, 0.3) is 0 Å². The fourth-order valence-electron chi connectivity index (χ4n) is 1.97. The topological polar surface area (TPSA) is 72.5 Å². The summed E-state index contributed by atoms with van der Waals surface area (Å²) in [5.41, 5.74) is 9.08. The van der Waals surface area contributed by atoms with Crippen LogP contribution < -0.4 is 5.73 Å². The average molecular weight is 233 g/mol. The molecule has 2 heterocycles. The van der Waals surface area contributed by atoms with E-state index in [-0.39, 0.29) is 6.04 Å². The molecular formula is C12H19N5. The number of nitrogens with one attached hydrogen (secondary N) is 1. The van der Waals surface area contributed by atoms with Gasteiger partial charge < -0.3 is 10.7 Å². The molecule has 0 bridgehead atoms. The first kappa shape index (κ1) is 11.9. The second-order valence-electron chi connectivity index (χ2n) is 4.38. The minimum absolute atomic E-state index is 0.00859. The van der Waals surface area contributed by atoms with Crippen molar-refractivity contribution in [2.24, 2.45) is 12.8 Å². The van der Waals surface area contributed by atoms with Crippen molar-refractivity contribution in [1.29, 1.82) is 0 Å². The summed E-state index contributed by atoms with van der Waals surface area (Å²) in [4.78, 5) is 7.62. The zero-order valence-electron chi connectivity index (χ0n) is 10.6. The smallest absolute Gasteiger partial charge is 0.123 e. The van der Waals surface area contributed by atoms with E-state index in [2.05, 4.69) is 22.0 Å². The summed E-state index contributed by atoms with van der Waals surface area (Å²) in [7, 11) is 1.91. The molecule has 5 heteroatoms. The van der Waals surface area contributed by atoms with Gasteiger partial charge in [-0.2, -0.15) is 5.10 Å². The maximum Gasteiger partial charge on any atom is 0.123 e. The number of imidazole rings is 1. The van der Waals surface area contributed by atoms with Crippen LogP contribution in [0.2, 0.25) is 0 Å². The Bertz CT molecular complexity index is 497. The van der Waals surface area contributed by atoms with E-state index < -0.39 is 0 Å². The Labute approximate surface area is 101 Å². The van der Waals surface area contributed by atoms with Crippen LogP contribution in [0.1, 0.15) is 37.3 Å². The summed E-state index contributed by atoms with van der Waals surface area (Å²) < 4.78 is 1.80. The number of rotatable bonds is 4. The number of hydrogen-bond donors (Lipinski definition) is 2. The van der Waals surface area contributed by atoms with Crippen LogP contribution >= 0.6 is 0 Å². The molecule has 92 valence electrons. The highest BCUT2D eigenvalue weighted by molar-refractivity contribution is 5.60. The standard InChI is InChI=1S/C12H19N5/c1-4-5-10(13)12-14-6-11(15-12)9-7-17(3)16-8(9)2/h6-7,10H,4-5,13H2,1-3H3,(H,14,15). The predicted molar refractivity (Wildman–Crippen MR) is 67.4 cm³/mol. The predicted octanol–water partition coefficient (Wildman–Crippen LogP) is 1.92. The summed E-state index contributed by atoms with van der Waals surface area (Å²) in [5.74, 6) is 0.852. The molecule has 17 heavy (non-hydrogen) atoms. The molecule has 1 unspecified atom stereocenters. The largest absolute Gasteiger partial charge is 0.341 e. The molecule has 1 atom stereocenters. The molecule has 2 aromatic rings. The maximum absolute atomic E-state index is 6.03. The molecule has 2 rings (SSSR count). The SMILES string of the molecule is CCCC(N)c1ncc(-c2cn(C)nc2C)[nH]1. The van der Waals surface area contributed by atoms with Crippen molar-refractivity contribution >= 4 is 0 Å². The van der Waals surface area contributed by atoms with Crippen LogP contribution in [0.25, 0.3) is 11.3 Å². The Morgan fingerprint density at radius 3 is 2.88 bits per heavy atom. The number of aryl methyl sites for hydroxylation is 2. The fraction of sp³-hybridized carbons (Fsp3) is 0.500. The van der Waals surface area contributed by atoms with Gasteiger partial charge in [-0.25, -0.2) is 4.98 Å². The van der Waals surface area contributed by atoms with Gasteiger partial charge in [-0.15, -0.1) is 0 Å². The molecule has 0 radical (unpaired) electrons. The van der Waals surface area contributed by atoms with Gasteiger partial charge in [-0.3, -0.25) is 4.68 Å². The monoisotopic (exact) mass is 233 g/mol. The van der Waals surface area contributed by atoms with Gasteiger partial charge in [0.15, 0.2) is 0 Å². The molecule has 0 fully saturated rings. The lowest BCUT2D eigenvalue weighted by Crippen LogP contribution is -2.11. The normalized spacial score (nSPS) is 12.9. The van der Waals surface area contributed by atoms with Crippen molar-refractivity contribution in [3.05, 3.63) is 23.9 Å². The molecule has 0 saturated heterocycles. The summed E-state index contributed by atoms with van der Waals surface area (Å²) in [6.45, 7) is 4.11. The molecule has 0 aliphatic rings. The van der Waals surface area contributed by atoms with Gasteiger partial charge in [0.2, 0.25) is 0 Å². The molecule has 0 saturated carbocycles. The summed E-state index contributed by atoms with van der Waals surface area (Å²) in [6, 6.07) is -0.00859. The number of hydrogen-bond acceptors (Lipinski definition) is 3. The Kier molecular flexibility index (Phi) is 3.28. The van der Waals surface area contributed by atoms with Crippen LogP contribution in [0.3, 0.4) is 0 Å². The van der Waals surface area contributed by atoms with Gasteiger partial charge in [-0.1, -0.05) is 13.3 Å². The number of aromatic amines is 1. The van der Waals surface area contributed by atoms with Crippen molar-refractivity contribution in [2.75, 3.05) is 0 Å². The van der Waals surface area contributed by atoms with Crippen LogP contribution in [0, 0.1) is 6.92 Å². The number of H-pyrrole nitrogens is 1. The van der Waals surface area contributed by atoms with Crippen LogP contribution in [0.15, 0.2) is 12.4 Å². The van der Waals surface area contributed by atoms with Crippen LogP contribution in [0.4, 0.5) is 0 Å². The highest BCUT2D eigenvalue weighted by atomic mass is 15.2. The highest BCUT2D eigenvalue weighted by Crippen LogP contribution is 2.22. The van der Waals surface area contributed by atoms with Gasteiger partial charge in [0.05, 0.1) is 23.6 Å². The lowest BCUT2D eigenvalue weighted by Gasteiger charge is -2.05. The summed E-state index contributed by atoms with van der Waals surface area (Å²) >= 11 is 0. The highest BCUT2D eigenvalue weighted by Gasteiger charge is 2.12. The van der Waals surface area contributed by atoms with Crippen molar-refractivity contribution in [2.45, 2.75) is 32.7 Å². The van der Waals surface area contributed by atoms with E-state index in [1.54, 1.807) is 4.68 Å². The Balaban J connectivity index is 2.26. The fourth-order valence-corrected chi connectivity index (χ4v) is 1.97. The third-order valence-corrected chi connectivity index (χ3v) is 2.85. The van der Waals surface area contributed by atoms with Crippen molar-refractivity contribution in [1.82, 2.24) is 19.7 Å². The molecule has 0 aromatic carbocycles. The molecule has 0 aliphatic heterocycles. The lowest BCUT2D eigenvalue weighted by atomic mass is 10.2. The van der Waals surface area contributed by atoms with E-state index in [1.807, 2.05) is 26.4 Å². The quantitative estimate of drug-likeness (QED) is 0.847. The van der Waals surface area contributed by atoms with E-state index in [9.17, 15) is 0 Å². The maximum atomic E-state index is 6.03. The van der Waals surface area contributed by atoms with E-state index >= 15 is 0 Å². The van der Waals surface area contributed by atoms with Crippen molar-refractivity contribution in [3.8, 4) is 11.3 Å². The molecule has 5 nitrogen and oxygen atoms in total. The number of nitrogens with two attached hydrogens (primary N) is 1. The lowest BCUT2D eigenvalue weighted by molar-refractivity contribution is 0.609. The minimum atomic E-state index is -0.00859. The zero-order chi connectivity index (χ0) is 12.4. The van der Waals surface area contributed by atoms with Gasteiger partial charge >= 0.3 is 0 Å². The molecule has 2 aromatic heterocycles. The third kappa shape index (κ3) is 2.39. The second-order valence-corrected chi connectivity index (χ2v) is 4.38. The van der Waals surface area contributed by atoms with Crippen molar-refractivity contribution in [3.63, 3.8) is 0 Å². The van der Waals surface area contributed by atoms with Crippen LogP contribution in [-0.4, -0.2) is 19.7 Å². The van der Waals surface area contributed by atoms with Gasteiger partial charge in [-0.05, 0) is 13.3 Å². The molecule has 0 aliphatic carbocycles. The number of aromatic nitrogens is 4. The van der Waals surface area contributed by atoms with Gasteiger partial charge in [0, 0.05) is 18.8 Å². The van der Waals surface area contributed by atoms with E-state index in [4.69, 9.17) is 5.73 Å². The second kappa shape index (κ2) is 4.71.